The summed E-state index contributed by atoms with van der Waals surface area (Å²) >= 11 is 14.5. The number of rotatable bonds is 3. The van der Waals surface area contributed by atoms with E-state index in [1.807, 2.05) is 25.1 Å². The van der Waals surface area contributed by atoms with Gasteiger partial charge in [0.2, 0.25) is 0 Å². The van der Waals surface area contributed by atoms with Crippen LogP contribution >= 0.6 is 39.7 Å². The summed E-state index contributed by atoms with van der Waals surface area (Å²) < 4.78 is 0.883. The summed E-state index contributed by atoms with van der Waals surface area (Å²) in [5.74, 6) is 0.621. The third kappa shape index (κ3) is 3.43. The average Bonchev–Trinajstić information content (AvgIpc) is 2.33. The molecule has 0 aliphatic carbocycles. The van der Waals surface area contributed by atoms with Crippen LogP contribution in [-0.2, 0) is 0 Å². The Morgan fingerprint density at radius 2 is 2.11 bits per heavy atom. The molecule has 0 aliphatic rings. The highest BCUT2D eigenvalue weighted by molar-refractivity contribution is 9.10. The van der Waals surface area contributed by atoms with E-state index in [0.29, 0.717) is 21.4 Å². The molecule has 0 atom stereocenters. The first-order chi connectivity index (χ1) is 8.97. The number of anilines is 2. The fourth-order valence-electron chi connectivity index (χ4n) is 1.57. The zero-order chi connectivity index (χ0) is 14.0. The molecule has 6 heteroatoms. The first kappa shape index (κ1) is 14.2. The van der Waals surface area contributed by atoms with Crippen molar-refractivity contribution in [1.29, 1.82) is 0 Å². The number of nitrogens with zero attached hydrogens (tertiary/aromatic N) is 1. The highest BCUT2D eigenvalue weighted by Crippen LogP contribution is 2.29. The lowest BCUT2D eigenvalue weighted by Crippen LogP contribution is -2.13. The van der Waals surface area contributed by atoms with E-state index in [4.69, 9.17) is 29.6 Å². The van der Waals surface area contributed by atoms with Crippen LogP contribution in [0.5, 0.6) is 0 Å². The Morgan fingerprint density at radius 3 is 2.79 bits per heavy atom. The van der Waals surface area contributed by atoms with Crippen molar-refractivity contribution in [2.24, 2.45) is 5.73 Å². The van der Waals surface area contributed by atoms with Gasteiger partial charge in [0.1, 0.15) is 10.8 Å². The van der Waals surface area contributed by atoms with E-state index in [1.165, 1.54) is 0 Å². The first-order valence-electron chi connectivity index (χ1n) is 5.47. The molecular formula is C13H11BrClN3S. The molecule has 2 aromatic rings. The van der Waals surface area contributed by atoms with E-state index in [1.54, 1.807) is 12.1 Å². The van der Waals surface area contributed by atoms with Crippen molar-refractivity contribution in [1.82, 2.24) is 4.98 Å². The van der Waals surface area contributed by atoms with Gasteiger partial charge >= 0.3 is 0 Å². The Bertz CT molecular complexity index is 646. The van der Waals surface area contributed by atoms with Gasteiger partial charge in [0.15, 0.2) is 0 Å². The van der Waals surface area contributed by atoms with Crippen LogP contribution in [0.3, 0.4) is 0 Å². The monoisotopic (exact) mass is 355 g/mol. The Labute approximate surface area is 130 Å². The number of aryl methyl sites for hydroxylation is 1. The van der Waals surface area contributed by atoms with Crippen LogP contribution in [0.2, 0.25) is 5.02 Å². The molecule has 0 saturated heterocycles. The summed E-state index contributed by atoms with van der Waals surface area (Å²) in [6.07, 6.45) is 0. The van der Waals surface area contributed by atoms with E-state index in [-0.39, 0.29) is 0 Å². The molecule has 2 rings (SSSR count). The van der Waals surface area contributed by atoms with Crippen LogP contribution in [0.1, 0.15) is 11.3 Å². The van der Waals surface area contributed by atoms with Gasteiger partial charge in [-0.1, -0.05) is 23.8 Å². The zero-order valence-corrected chi connectivity index (χ0v) is 13.2. The molecule has 98 valence electrons. The molecule has 0 spiro atoms. The number of aromatic nitrogens is 1. The summed E-state index contributed by atoms with van der Waals surface area (Å²) in [5, 5.41) is 3.83. The third-order valence-corrected chi connectivity index (χ3v) is 3.63. The number of thiocarbonyl (C=S) groups is 1. The minimum atomic E-state index is 0.299. The van der Waals surface area contributed by atoms with Gasteiger partial charge in [0.05, 0.1) is 11.3 Å². The number of hydrogen-bond acceptors (Lipinski definition) is 3. The number of benzene rings is 1. The quantitative estimate of drug-likeness (QED) is 0.810. The van der Waals surface area contributed by atoms with Crippen molar-refractivity contribution >= 4 is 56.2 Å². The smallest absolute Gasteiger partial charge is 0.140 e. The Kier molecular flexibility index (Phi) is 4.39. The molecule has 1 heterocycles. The maximum Gasteiger partial charge on any atom is 0.140 e. The standard InChI is InChI=1S/C13H11BrClN3S/c1-7-2-4-9(12(16)19)13(17-7)18-11-6-8(15)3-5-10(11)14/h2-6H,1H3,(H2,16,19)(H,17,18). The lowest BCUT2D eigenvalue weighted by Gasteiger charge is -2.12. The van der Waals surface area contributed by atoms with Crippen LogP contribution in [0.15, 0.2) is 34.8 Å². The van der Waals surface area contributed by atoms with E-state index in [2.05, 4.69) is 26.2 Å². The first-order valence-corrected chi connectivity index (χ1v) is 7.05. The lowest BCUT2D eigenvalue weighted by atomic mass is 10.2. The normalized spacial score (nSPS) is 10.3. The summed E-state index contributed by atoms with van der Waals surface area (Å²) in [5.41, 5.74) is 8.09. The van der Waals surface area contributed by atoms with Crippen LogP contribution < -0.4 is 11.1 Å². The van der Waals surface area contributed by atoms with Gasteiger partial charge in [-0.15, -0.1) is 0 Å². The lowest BCUT2D eigenvalue weighted by molar-refractivity contribution is 1.19. The number of hydrogen-bond donors (Lipinski definition) is 2. The summed E-state index contributed by atoms with van der Waals surface area (Å²) in [6.45, 7) is 1.90. The molecule has 3 nitrogen and oxygen atoms in total. The molecule has 19 heavy (non-hydrogen) atoms. The summed E-state index contributed by atoms with van der Waals surface area (Å²) in [4.78, 5) is 4.72. The maximum atomic E-state index is 5.98. The van der Waals surface area contributed by atoms with Crippen molar-refractivity contribution in [2.75, 3.05) is 5.32 Å². The third-order valence-electron chi connectivity index (χ3n) is 2.48. The minimum Gasteiger partial charge on any atom is -0.389 e. The van der Waals surface area contributed by atoms with Gasteiger partial charge < -0.3 is 11.1 Å². The van der Waals surface area contributed by atoms with Gasteiger partial charge in [-0.3, -0.25) is 0 Å². The van der Waals surface area contributed by atoms with Gasteiger partial charge in [0.25, 0.3) is 0 Å². The van der Waals surface area contributed by atoms with Crippen molar-refractivity contribution in [3.8, 4) is 0 Å². The molecular weight excluding hydrogens is 346 g/mol. The van der Waals surface area contributed by atoms with E-state index in [9.17, 15) is 0 Å². The van der Waals surface area contributed by atoms with Crippen molar-refractivity contribution in [3.63, 3.8) is 0 Å². The largest absolute Gasteiger partial charge is 0.389 e. The molecule has 0 radical (unpaired) electrons. The van der Waals surface area contributed by atoms with Crippen LogP contribution in [0.4, 0.5) is 11.5 Å². The van der Waals surface area contributed by atoms with Crippen LogP contribution in [0.25, 0.3) is 0 Å². The molecule has 0 saturated carbocycles. The van der Waals surface area contributed by atoms with E-state index >= 15 is 0 Å². The second-order valence-corrected chi connectivity index (χ2v) is 5.69. The SMILES string of the molecule is Cc1ccc(C(N)=S)c(Nc2cc(Cl)ccc2Br)n1. The zero-order valence-electron chi connectivity index (χ0n) is 10.1. The van der Waals surface area contributed by atoms with Crippen molar-refractivity contribution in [3.05, 3.63) is 51.1 Å². The molecule has 3 N–H and O–H groups in total. The minimum absolute atomic E-state index is 0.299. The Hall–Kier alpha value is -1.17. The van der Waals surface area contributed by atoms with Gasteiger partial charge in [-0.25, -0.2) is 4.98 Å². The number of nitrogens with two attached hydrogens (primary N) is 1. The predicted molar refractivity (Wildman–Crippen MR) is 87.3 cm³/mol. The number of halogens is 2. The van der Waals surface area contributed by atoms with E-state index in [0.717, 1.165) is 15.9 Å². The number of pyridine rings is 1. The van der Waals surface area contributed by atoms with Crippen LogP contribution in [0, 0.1) is 6.92 Å². The van der Waals surface area contributed by atoms with Gasteiger partial charge in [-0.05, 0) is 53.2 Å². The molecule has 0 fully saturated rings. The topological polar surface area (TPSA) is 50.9 Å². The molecule has 0 aliphatic heterocycles. The second-order valence-electron chi connectivity index (χ2n) is 3.96. The van der Waals surface area contributed by atoms with Crippen LogP contribution in [-0.4, -0.2) is 9.97 Å². The van der Waals surface area contributed by atoms with Gasteiger partial charge in [0, 0.05) is 15.2 Å². The van der Waals surface area contributed by atoms with Crippen molar-refractivity contribution < 1.29 is 0 Å². The Balaban J connectivity index is 2.45. The summed E-state index contributed by atoms with van der Waals surface area (Å²) in [7, 11) is 0. The van der Waals surface area contributed by atoms with E-state index < -0.39 is 0 Å². The highest BCUT2D eigenvalue weighted by atomic mass is 79.9. The van der Waals surface area contributed by atoms with Crippen molar-refractivity contribution in [2.45, 2.75) is 6.92 Å². The predicted octanol–water partition coefficient (Wildman–Crippen LogP) is 4.18. The van der Waals surface area contributed by atoms with Gasteiger partial charge in [-0.2, -0.15) is 0 Å². The summed E-state index contributed by atoms with van der Waals surface area (Å²) in [6, 6.07) is 9.19. The maximum absolute atomic E-state index is 5.98. The molecule has 0 amide bonds. The fraction of sp³-hybridized carbons (Fsp3) is 0.0769. The highest BCUT2D eigenvalue weighted by Gasteiger charge is 2.09. The second kappa shape index (κ2) is 5.86. The molecule has 0 bridgehead atoms. The molecule has 0 unspecified atom stereocenters. The number of nitrogens with one attached hydrogen (secondary N) is 1. The molecule has 1 aromatic carbocycles. The average molecular weight is 357 g/mol. The Morgan fingerprint density at radius 1 is 1.37 bits per heavy atom. The molecule has 1 aromatic heterocycles. The fourth-order valence-corrected chi connectivity index (χ4v) is 2.25.